The van der Waals surface area contributed by atoms with Gasteiger partial charge >= 0.3 is 12.5 Å². The molecule has 5 rings (SSSR count). The minimum absolute atomic E-state index is 0.0343. The summed E-state index contributed by atoms with van der Waals surface area (Å²) in [5.41, 5.74) is 4.10. The standard InChI is InChI=1S/C17H15F7N4O2/c18-9-4-15(2-8(9)3-15)28-6-10(27-14(28)12(29)16(19,20)21)7-1-11(13(25)26-5-7)30-17(22,23)24/h1,5-6,8-9,12,29H,2-4H2,(H2,25,26). The van der Waals surface area contributed by atoms with Crippen molar-refractivity contribution in [3.05, 3.63) is 24.3 Å². The molecule has 30 heavy (non-hydrogen) atoms. The molecule has 0 aliphatic heterocycles. The molecule has 2 atom stereocenters. The van der Waals surface area contributed by atoms with Gasteiger partial charge in [0, 0.05) is 29.9 Å². The number of nitrogens with zero attached hydrogens (tertiary/aromatic N) is 3. The van der Waals surface area contributed by atoms with Gasteiger partial charge in [0.25, 0.3) is 0 Å². The number of anilines is 1. The first kappa shape index (κ1) is 20.7. The van der Waals surface area contributed by atoms with E-state index in [1.807, 2.05) is 0 Å². The number of fused-ring (bicyclic) bond motifs is 1. The molecule has 2 aromatic rings. The number of ether oxygens (including phenoxy) is 1. The molecule has 3 N–H and O–H groups in total. The number of halogens is 7. The number of imidazole rings is 1. The van der Waals surface area contributed by atoms with Crippen molar-refractivity contribution in [1.29, 1.82) is 0 Å². The second-order valence-corrected chi connectivity index (χ2v) is 7.57. The zero-order valence-electron chi connectivity index (χ0n) is 15.0. The molecular weight excluding hydrogens is 425 g/mol. The van der Waals surface area contributed by atoms with Crippen LogP contribution in [0.15, 0.2) is 18.5 Å². The Morgan fingerprint density at radius 1 is 1.20 bits per heavy atom. The molecule has 2 bridgehead atoms. The summed E-state index contributed by atoms with van der Waals surface area (Å²) in [5, 5.41) is 9.80. The maximum atomic E-state index is 14.0. The molecule has 6 nitrogen and oxygen atoms in total. The van der Waals surface area contributed by atoms with Gasteiger partial charge in [0.2, 0.25) is 6.10 Å². The molecule has 0 saturated heterocycles. The summed E-state index contributed by atoms with van der Waals surface area (Å²) in [6.07, 6.45) is -11.5. The molecule has 3 saturated carbocycles. The number of alkyl halides is 7. The van der Waals surface area contributed by atoms with Crippen LogP contribution < -0.4 is 10.5 Å². The Bertz CT molecular complexity index is 966. The van der Waals surface area contributed by atoms with Crippen LogP contribution in [0.2, 0.25) is 0 Å². The Morgan fingerprint density at radius 2 is 1.87 bits per heavy atom. The van der Waals surface area contributed by atoms with Crippen LogP contribution in [-0.2, 0) is 5.54 Å². The number of nitrogens with two attached hydrogens (primary N) is 1. The summed E-state index contributed by atoms with van der Waals surface area (Å²) >= 11 is 0. The largest absolute Gasteiger partial charge is 0.573 e. The number of pyridine rings is 1. The maximum Gasteiger partial charge on any atom is 0.573 e. The Balaban J connectivity index is 1.78. The highest BCUT2D eigenvalue weighted by Crippen LogP contribution is 2.59. The normalized spacial score (nSPS) is 27.1. The van der Waals surface area contributed by atoms with E-state index in [2.05, 4.69) is 14.7 Å². The average Bonchev–Trinajstić information content (AvgIpc) is 3.23. The molecule has 3 aliphatic rings. The summed E-state index contributed by atoms with van der Waals surface area (Å²) in [6.45, 7) is 0. The quantitative estimate of drug-likeness (QED) is 0.706. The van der Waals surface area contributed by atoms with Crippen LogP contribution in [0.5, 0.6) is 5.75 Å². The molecular formula is C17H15F7N4O2. The van der Waals surface area contributed by atoms with Crippen molar-refractivity contribution in [2.24, 2.45) is 5.92 Å². The van der Waals surface area contributed by atoms with Gasteiger partial charge in [0.1, 0.15) is 12.0 Å². The Morgan fingerprint density at radius 3 is 2.40 bits per heavy atom. The van der Waals surface area contributed by atoms with E-state index in [1.54, 1.807) is 0 Å². The second-order valence-electron chi connectivity index (χ2n) is 7.57. The third-order valence-corrected chi connectivity index (χ3v) is 5.57. The van der Waals surface area contributed by atoms with E-state index in [0.717, 1.165) is 23.0 Å². The predicted molar refractivity (Wildman–Crippen MR) is 87.8 cm³/mol. The van der Waals surface area contributed by atoms with Crippen molar-refractivity contribution in [3.8, 4) is 17.0 Å². The van der Waals surface area contributed by atoms with E-state index in [0.29, 0.717) is 0 Å². The van der Waals surface area contributed by atoms with Gasteiger partial charge < -0.3 is 20.1 Å². The van der Waals surface area contributed by atoms with Gasteiger partial charge in [0.15, 0.2) is 11.6 Å². The molecule has 0 radical (unpaired) electrons. The molecule has 0 aromatic carbocycles. The highest BCUT2D eigenvalue weighted by molar-refractivity contribution is 5.64. The van der Waals surface area contributed by atoms with Crippen molar-refractivity contribution in [1.82, 2.24) is 14.5 Å². The lowest BCUT2D eigenvalue weighted by Gasteiger charge is -2.40. The topological polar surface area (TPSA) is 86.2 Å². The summed E-state index contributed by atoms with van der Waals surface area (Å²) in [4.78, 5) is 7.37. The number of nitrogen functional groups attached to an aromatic ring is 1. The van der Waals surface area contributed by atoms with Gasteiger partial charge in [-0.3, -0.25) is 0 Å². The minimum atomic E-state index is -5.06. The smallest absolute Gasteiger partial charge is 0.402 e. The first-order valence-electron chi connectivity index (χ1n) is 8.79. The molecule has 13 heteroatoms. The highest BCUT2D eigenvalue weighted by atomic mass is 19.4. The number of hydrogen-bond acceptors (Lipinski definition) is 5. The third kappa shape index (κ3) is 3.44. The van der Waals surface area contributed by atoms with Crippen LogP contribution in [0.1, 0.15) is 31.2 Å². The van der Waals surface area contributed by atoms with Crippen molar-refractivity contribution in [3.63, 3.8) is 0 Å². The van der Waals surface area contributed by atoms with Gasteiger partial charge in [-0.15, -0.1) is 13.2 Å². The Labute approximate surface area is 164 Å². The van der Waals surface area contributed by atoms with Gasteiger partial charge in [-0.05, 0) is 24.8 Å². The van der Waals surface area contributed by atoms with Crippen LogP contribution in [0.4, 0.5) is 36.6 Å². The molecule has 2 aromatic heterocycles. The summed E-state index contributed by atoms with van der Waals surface area (Å²) in [5.74, 6) is -2.47. The van der Waals surface area contributed by atoms with E-state index in [1.165, 1.54) is 0 Å². The molecule has 164 valence electrons. The fourth-order valence-electron chi connectivity index (χ4n) is 4.22. The number of aromatic nitrogens is 3. The summed E-state index contributed by atoms with van der Waals surface area (Å²) < 4.78 is 96.0. The van der Waals surface area contributed by atoms with E-state index in [-0.39, 0.29) is 36.4 Å². The zero-order valence-corrected chi connectivity index (χ0v) is 15.0. The number of aliphatic hydroxyl groups is 1. The predicted octanol–water partition coefficient (Wildman–Crippen LogP) is 3.87. The summed E-state index contributed by atoms with van der Waals surface area (Å²) in [6, 6.07) is 0.833. The monoisotopic (exact) mass is 440 g/mol. The fourth-order valence-corrected chi connectivity index (χ4v) is 4.22. The zero-order chi connectivity index (χ0) is 22.1. The van der Waals surface area contributed by atoms with Crippen LogP contribution in [0.3, 0.4) is 0 Å². The minimum Gasteiger partial charge on any atom is -0.402 e. The van der Waals surface area contributed by atoms with Crippen molar-refractivity contribution >= 4 is 5.82 Å². The van der Waals surface area contributed by atoms with Crippen LogP contribution in [0, 0.1) is 5.92 Å². The van der Waals surface area contributed by atoms with E-state index < -0.39 is 47.7 Å². The first-order chi connectivity index (χ1) is 13.8. The molecule has 0 amide bonds. The fraction of sp³-hybridized carbons (Fsp3) is 0.529. The number of rotatable bonds is 4. The number of aliphatic hydroxyl groups excluding tert-OH is 1. The SMILES string of the molecule is Nc1ncc(-c2cn(C34CC(F)C(C3)C4)c(C(O)C(F)(F)F)n2)cc1OC(F)(F)F. The lowest BCUT2D eigenvalue weighted by molar-refractivity contribution is -0.274. The van der Waals surface area contributed by atoms with E-state index in [9.17, 15) is 35.8 Å². The van der Waals surface area contributed by atoms with E-state index in [4.69, 9.17) is 5.73 Å². The van der Waals surface area contributed by atoms with Crippen molar-refractivity contribution in [2.75, 3.05) is 5.73 Å². The van der Waals surface area contributed by atoms with Gasteiger partial charge in [0.05, 0.1) is 5.69 Å². The van der Waals surface area contributed by atoms with Gasteiger partial charge in [-0.2, -0.15) is 13.2 Å². The number of hydrogen-bond donors (Lipinski definition) is 2. The Hall–Kier alpha value is -2.57. The molecule has 2 unspecified atom stereocenters. The van der Waals surface area contributed by atoms with Gasteiger partial charge in [-0.25, -0.2) is 14.4 Å². The molecule has 3 fully saturated rings. The van der Waals surface area contributed by atoms with Crippen LogP contribution in [-0.4, -0.2) is 38.4 Å². The van der Waals surface area contributed by atoms with Gasteiger partial charge in [-0.1, -0.05) is 0 Å². The van der Waals surface area contributed by atoms with Crippen LogP contribution >= 0.6 is 0 Å². The first-order valence-corrected chi connectivity index (χ1v) is 8.79. The second kappa shape index (κ2) is 6.46. The molecule has 3 aliphatic carbocycles. The van der Waals surface area contributed by atoms with Crippen molar-refractivity contribution < 1.29 is 40.6 Å². The lowest BCUT2D eigenvalue weighted by atomic mass is 9.76. The van der Waals surface area contributed by atoms with Crippen LogP contribution in [0.25, 0.3) is 11.3 Å². The average molecular weight is 440 g/mol. The molecule has 2 heterocycles. The summed E-state index contributed by atoms with van der Waals surface area (Å²) in [7, 11) is 0. The highest BCUT2D eigenvalue weighted by Gasteiger charge is 2.59. The third-order valence-electron chi connectivity index (χ3n) is 5.57. The Kier molecular flexibility index (Phi) is 4.46. The van der Waals surface area contributed by atoms with E-state index >= 15 is 0 Å². The maximum absolute atomic E-state index is 14.0. The molecule has 0 spiro atoms. The lowest BCUT2D eigenvalue weighted by Crippen LogP contribution is -2.41. The van der Waals surface area contributed by atoms with Crippen molar-refractivity contribution in [2.45, 2.75) is 49.6 Å².